The lowest BCUT2D eigenvalue weighted by atomic mass is 10.2. The predicted octanol–water partition coefficient (Wildman–Crippen LogP) is 2.78. The number of aliphatic hydroxyl groups excluding tert-OH is 1. The molecule has 1 unspecified atom stereocenters. The largest absolute Gasteiger partial charge is 0.395 e. The van der Waals surface area contributed by atoms with Crippen molar-refractivity contribution in [3.63, 3.8) is 0 Å². The van der Waals surface area contributed by atoms with Gasteiger partial charge in [0, 0.05) is 10.1 Å². The number of hydrogen-bond acceptors (Lipinski definition) is 2. The van der Waals surface area contributed by atoms with E-state index in [0.29, 0.717) is 0 Å². The van der Waals surface area contributed by atoms with E-state index in [1.807, 2.05) is 6.92 Å². The molecule has 1 atom stereocenters. The molecule has 1 N–H and O–H groups in total. The zero-order chi connectivity index (χ0) is 9.84. The first-order chi connectivity index (χ1) is 6.13. The molecule has 0 bridgehead atoms. The van der Waals surface area contributed by atoms with Crippen molar-refractivity contribution < 1.29 is 5.11 Å². The number of rotatable bonds is 3. The van der Waals surface area contributed by atoms with Gasteiger partial charge in [-0.15, -0.1) is 11.8 Å². The highest BCUT2D eigenvalue weighted by Gasteiger charge is 2.04. The van der Waals surface area contributed by atoms with Crippen LogP contribution in [0.1, 0.15) is 18.1 Å². The molecule has 0 saturated heterocycles. The van der Waals surface area contributed by atoms with Crippen molar-refractivity contribution in [2.45, 2.75) is 30.9 Å². The molecular weight excluding hydrogens is 180 g/mol. The number of aryl methyl sites for hydroxylation is 2. The van der Waals surface area contributed by atoms with E-state index in [0.717, 1.165) is 0 Å². The zero-order valence-electron chi connectivity index (χ0n) is 8.37. The maximum Gasteiger partial charge on any atom is 0.0550 e. The van der Waals surface area contributed by atoms with Crippen LogP contribution in [0.25, 0.3) is 0 Å². The van der Waals surface area contributed by atoms with Crippen LogP contribution in [0.3, 0.4) is 0 Å². The number of aliphatic hydroxyl groups is 1. The smallest absolute Gasteiger partial charge is 0.0550 e. The molecule has 0 radical (unpaired) electrons. The molecule has 0 aliphatic carbocycles. The van der Waals surface area contributed by atoms with Gasteiger partial charge >= 0.3 is 0 Å². The Balaban J connectivity index is 2.77. The lowest BCUT2D eigenvalue weighted by Gasteiger charge is -2.10. The summed E-state index contributed by atoms with van der Waals surface area (Å²) in [4.78, 5) is 1.27. The van der Waals surface area contributed by atoms with Crippen molar-refractivity contribution in [3.05, 3.63) is 29.3 Å². The highest BCUT2D eigenvalue weighted by molar-refractivity contribution is 8.00. The van der Waals surface area contributed by atoms with E-state index in [-0.39, 0.29) is 11.9 Å². The Labute approximate surface area is 84.2 Å². The molecular formula is C11H16OS. The molecule has 1 nitrogen and oxygen atoms in total. The van der Waals surface area contributed by atoms with E-state index in [4.69, 9.17) is 5.11 Å². The molecule has 0 saturated carbocycles. The summed E-state index contributed by atoms with van der Waals surface area (Å²) in [6.45, 7) is 6.47. The van der Waals surface area contributed by atoms with Crippen molar-refractivity contribution in [2.75, 3.05) is 6.61 Å². The third-order valence-electron chi connectivity index (χ3n) is 1.92. The second-order valence-electron chi connectivity index (χ2n) is 3.38. The fourth-order valence-electron chi connectivity index (χ4n) is 1.19. The Morgan fingerprint density at radius 1 is 1.38 bits per heavy atom. The second-order valence-corrected chi connectivity index (χ2v) is 4.86. The van der Waals surface area contributed by atoms with Crippen LogP contribution in [0.5, 0.6) is 0 Å². The summed E-state index contributed by atoms with van der Waals surface area (Å²) in [5, 5.41) is 9.20. The zero-order valence-corrected chi connectivity index (χ0v) is 9.19. The molecule has 2 heteroatoms. The van der Waals surface area contributed by atoms with Gasteiger partial charge in [-0.25, -0.2) is 0 Å². The minimum absolute atomic E-state index is 0.234. The Morgan fingerprint density at radius 3 is 2.62 bits per heavy atom. The molecule has 1 rings (SSSR count). The summed E-state index contributed by atoms with van der Waals surface area (Å²) >= 11 is 1.73. The molecule has 0 aliphatic heterocycles. The lowest BCUT2D eigenvalue weighted by molar-refractivity contribution is 0.300. The summed E-state index contributed by atoms with van der Waals surface area (Å²) in [6.07, 6.45) is 0. The second kappa shape index (κ2) is 4.68. The quantitative estimate of drug-likeness (QED) is 0.750. The van der Waals surface area contributed by atoms with Gasteiger partial charge < -0.3 is 5.11 Å². The average molecular weight is 196 g/mol. The van der Waals surface area contributed by atoms with Crippen molar-refractivity contribution in [2.24, 2.45) is 0 Å². The number of benzene rings is 1. The molecule has 0 aromatic heterocycles. The van der Waals surface area contributed by atoms with Crippen molar-refractivity contribution in [3.8, 4) is 0 Å². The summed E-state index contributed by atoms with van der Waals surface area (Å²) in [6, 6.07) is 6.41. The Kier molecular flexibility index (Phi) is 3.82. The molecule has 0 aliphatic rings. The molecule has 0 amide bonds. The maximum atomic E-state index is 8.92. The van der Waals surface area contributed by atoms with Gasteiger partial charge in [0.05, 0.1) is 6.61 Å². The highest BCUT2D eigenvalue weighted by atomic mass is 32.2. The highest BCUT2D eigenvalue weighted by Crippen LogP contribution is 2.26. The SMILES string of the molecule is Cc1ccc(SC(C)CO)c(C)c1. The van der Waals surface area contributed by atoms with E-state index in [2.05, 4.69) is 32.0 Å². The van der Waals surface area contributed by atoms with Crippen LogP contribution >= 0.6 is 11.8 Å². The monoisotopic (exact) mass is 196 g/mol. The molecule has 72 valence electrons. The fraction of sp³-hybridized carbons (Fsp3) is 0.455. The van der Waals surface area contributed by atoms with Gasteiger partial charge in [0.2, 0.25) is 0 Å². The normalized spacial score (nSPS) is 12.9. The fourth-order valence-corrected chi connectivity index (χ4v) is 2.09. The minimum atomic E-state index is 0.234. The summed E-state index contributed by atoms with van der Waals surface area (Å²) < 4.78 is 0. The standard InChI is InChI=1S/C11H16OS/c1-8-4-5-11(9(2)6-8)13-10(3)7-12/h4-6,10,12H,7H2,1-3H3. The van der Waals surface area contributed by atoms with Crippen LogP contribution in [-0.2, 0) is 0 Å². The Morgan fingerprint density at radius 2 is 2.08 bits per heavy atom. The molecule has 0 spiro atoms. The van der Waals surface area contributed by atoms with Gasteiger partial charge in [-0.05, 0) is 25.5 Å². The Bertz CT molecular complexity index is 283. The van der Waals surface area contributed by atoms with Crippen LogP contribution in [0, 0.1) is 13.8 Å². The van der Waals surface area contributed by atoms with Crippen LogP contribution < -0.4 is 0 Å². The third kappa shape index (κ3) is 3.05. The molecule has 0 fully saturated rings. The molecule has 1 aromatic carbocycles. The summed E-state index contributed by atoms with van der Waals surface area (Å²) in [5.74, 6) is 0. The summed E-state index contributed by atoms with van der Waals surface area (Å²) in [7, 11) is 0. The van der Waals surface area contributed by atoms with E-state index in [9.17, 15) is 0 Å². The van der Waals surface area contributed by atoms with Crippen molar-refractivity contribution in [1.29, 1.82) is 0 Å². The minimum Gasteiger partial charge on any atom is -0.395 e. The van der Waals surface area contributed by atoms with Crippen LogP contribution in [0.15, 0.2) is 23.1 Å². The average Bonchev–Trinajstić information content (AvgIpc) is 2.09. The maximum absolute atomic E-state index is 8.92. The topological polar surface area (TPSA) is 20.2 Å². The predicted molar refractivity (Wildman–Crippen MR) is 58.3 cm³/mol. The first-order valence-corrected chi connectivity index (χ1v) is 5.36. The Hall–Kier alpha value is -0.470. The van der Waals surface area contributed by atoms with E-state index >= 15 is 0 Å². The van der Waals surface area contributed by atoms with Crippen molar-refractivity contribution in [1.82, 2.24) is 0 Å². The lowest BCUT2D eigenvalue weighted by Crippen LogP contribution is -2.01. The molecule has 0 heterocycles. The van der Waals surface area contributed by atoms with Crippen LogP contribution in [0.4, 0.5) is 0 Å². The van der Waals surface area contributed by atoms with Gasteiger partial charge in [-0.1, -0.05) is 24.6 Å². The van der Waals surface area contributed by atoms with Crippen molar-refractivity contribution >= 4 is 11.8 Å². The van der Waals surface area contributed by atoms with Gasteiger partial charge in [0.25, 0.3) is 0 Å². The van der Waals surface area contributed by atoms with Crippen LogP contribution in [-0.4, -0.2) is 17.0 Å². The van der Waals surface area contributed by atoms with Gasteiger partial charge in [-0.2, -0.15) is 0 Å². The van der Waals surface area contributed by atoms with E-state index in [1.165, 1.54) is 16.0 Å². The van der Waals surface area contributed by atoms with Gasteiger partial charge in [0.15, 0.2) is 0 Å². The van der Waals surface area contributed by atoms with Gasteiger partial charge in [0.1, 0.15) is 0 Å². The molecule has 1 aromatic rings. The number of hydrogen-bond donors (Lipinski definition) is 1. The number of thioether (sulfide) groups is 1. The van der Waals surface area contributed by atoms with Gasteiger partial charge in [-0.3, -0.25) is 0 Å². The van der Waals surface area contributed by atoms with Crippen LogP contribution in [0.2, 0.25) is 0 Å². The first kappa shape index (κ1) is 10.6. The summed E-state index contributed by atoms with van der Waals surface area (Å²) in [5.41, 5.74) is 2.59. The molecule has 13 heavy (non-hydrogen) atoms. The third-order valence-corrected chi connectivity index (χ3v) is 3.18. The first-order valence-electron chi connectivity index (χ1n) is 4.48. The van der Waals surface area contributed by atoms with E-state index < -0.39 is 0 Å². The van der Waals surface area contributed by atoms with E-state index in [1.54, 1.807) is 11.8 Å².